The zero-order valence-electron chi connectivity index (χ0n) is 15.4. The van der Waals surface area contributed by atoms with Crippen LogP contribution in [0.4, 0.5) is 18.9 Å². The van der Waals surface area contributed by atoms with Crippen LogP contribution in [0.3, 0.4) is 0 Å². The molecule has 0 unspecified atom stereocenters. The zero-order chi connectivity index (χ0) is 20.7. The second kappa shape index (κ2) is 9.27. The second-order valence-corrected chi connectivity index (χ2v) is 6.29. The monoisotopic (exact) mass is 404 g/mol. The fourth-order valence-electron chi connectivity index (χ4n) is 2.63. The van der Waals surface area contributed by atoms with Gasteiger partial charge >= 0.3 is 6.18 Å². The van der Waals surface area contributed by atoms with Crippen LogP contribution in [0.15, 0.2) is 65.2 Å². The van der Waals surface area contributed by atoms with Crippen LogP contribution in [-0.4, -0.2) is 23.7 Å². The summed E-state index contributed by atoms with van der Waals surface area (Å²) in [6, 6.07) is 15.5. The Morgan fingerprint density at radius 1 is 1.07 bits per heavy atom. The first-order valence-electron chi connectivity index (χ1n) is 8.99. The summed E-state index contributed by atoms with van der Waals surface area (Å²) in [5, 5.41) is 2.58. The van der Waals surface area contributed by atoms with Gasteiger partial charge in [-0.05, 0) is 18.6 Å². The molecule has 1 N–H and O–H groups in total. The molecule has 0 aliphatic carbocycles. The number of hydrogen-bond donors (Lipinski definition) is 1. The normalized spacial score (nSPS) is 11.3. The van der Waals surface area contributed by atoms with Crippen molar-refractivity contribution in [3.05, 3.63) is 66.7 Å². The summed E-state index contributed by atoms with van der Waals surface area (Å²) in [7, 11) is 0. The van der Waals surface area contributed by atoms with Gasteiger partial charge in [-0.3, -0.25) is 4.79 Å². The molecule has 152 valence electrons. The van der Waals surface area contributed by atoms with Gasteiger partial charge in [-0.2, -0.15) is 13.2 Å². The van der Waals surface area contributed by atoms with Gasteiger partial charge < -0.3 is 14.5 Å². The Labute approximate surface area is 165 Å². The van der Waals surface area contributed by atoms with Gasteiger partial charge in [-0.25, -0.2) is 4.98 Å². The molecule has 8 heteroatoms. The highest BCUT2D eigenvalue weighted by atomic mass is 19.4. The van der Waals surface area contributed by atoms with Crippen LogP contribution >= 0.6 is 0 Å². The lowest BCUT2D eigenvalue weighted by Crippen LogP contribution is -2.20. The van der Waals surface area contributed by atoms with E-state index < -0.39 is 12.8 Å². The van der Waals surface area contributed by atoms with Crippen molar-refractivity contribution in [3.63, 3.8) is 0 Å². The molecule has 0 bridgehead atoms. The molecule has 1 heterocycles. The predicted octanol–water partition coefficient (Wildman–Crippen LogP) is 5.24. The third-order valence-electron chi connectivity index (χ3n) is 3.96. The van der Waals surface area contributed by atoms with E-state index in [0.717, 1.165) is 5.56 Å². The number of rotatable bonds is 8. The fourth-order valence-corrected chi connectivity index (χ4v) is 2.63. The highest BCUT2D eigenvalue weighted by Gasteiger charge is 2.28. The van der Waals surface area contributed by atoms with Crippen molar-refractivity contribution in [1.82, 2.24) is 4.98 Å². The van der Waals surface area contributed by atoms with E-state index in [0.29, 0.717) is 24.5 Å². The molecule has 2 aromatic carbocycles. The van der Waals surface area contributed by atoms with E-state index in [-0.39, 0.29) is 23.8 Å². The molecule has 0 atom stereocenters. The summed E-state index contributed by atoms with van der Waals surface area (Å²) in [5.74, 6) is 0.813. The minimum absolute atomic E-state index is 0.0293. The Morgan fingerprint density at radius 3 is 2.55 bits per heavy atom. The highest BCUT2D eigenvalue weighted by molar-refractivity contribution is 5.92. The summed E-state index contributed by atoms with van der Waals surface area (Å²) in [4.78, 5) is 16.4. The zero-order valence-corrected chi connectivity index (χ0v) is 15.4. The molecular formula is C21H19F3N2O3. The molecule has 0 saturated heterocycles. The summed E-state index contributed by atoms with van der Waals surface area (Å²) in [5.41, 5.74) is 1.11. The van der Waals surface area contributed by atoms with Gasteiger partial charge in [0.05, 0.1) is 11.9 Å². The Hall–Kier alpha value is -3.29. The van der Waals surface area contributed by atoms with Crippen LogP contribution in [0.5, 0.6) is 5.75 Å². The van der Waals surface area contributed by atoms with Crippen molar-refractivity contribution in [2.75, 3.05) is 11.9 Å². The first kappa shape index (κ1) is 20.4. The number of oxazole rings is 1. The third kappa shape index (κ3) is 6.38. The SMILES string of the molecule is O=C(CCCc1ncc(-c2ccccc2)o1)Nc1ccccc1OCC(F)(F)F. The topological polar surface area (TPSA) is 64.4 Å². The molecule has 0 aliphatic rings. The number of amides is 1. The summed E-state index contributed by atoms with van der Waals surface area (Å²) < 4.78 is 47.5. The smallest absolute Gasteiger partial charge is 0.422 e. The van der Waals surface area contributed by atoms with Crippen LogP contribution in [0.25, 0.3) is 11.3 Å². The molecule has 3 rings (SSSR count). The molecule has 0 saturated carbocycles. The number of hydrogen-bond acceptors (Lipinski definition) is 4. The Bertz CT molecular complexity index is 940. The molecule has 1 amide bonds. The van der Waals surface area contributed by atoms with Crippen molar-refractivity contribution in [3.8, 4) is 17.1 Å². The maximum absolute atomic E-state index is 12.3. The Morgan fingerprint density at radius 2 is 1.79 bits per heavy atom. The van der Waals surface area contributed by atoms with E-state index in [2.05, 4.69) is 10.3 Å². The van der Waals surface area contributed by atoms with Gasteiger partial charge in [0, 0.05) is 18.4 Å². The number of para-hydroxylation sites is 2. The predicted molar refractivity (Wildman–Crippen MR) is 101 cm³/mol. The molecule has 0 radical (unpaired) electrons. The highest BCUT2D eigenvalue weighted by Crippen LogP contribution is 2.26. The fraction of sp³-hybridized carbons (Fsp3) is 0.238. The molecule has 0 aliphatic heterocycles. The minimum Gasteiger partial charge on any atom is -0.482 e. The summed E-state index contributed by atoms with van der Waals surface area (Å²) >= 11 is 0. The number of nitrogens with zero attached hydrogens (tertiary/aromatic N) is 1. The number of carbonyl (C=O) groups is 1. The van der Waals surface area contributed by atoms with Gasteiger partial charge in [0.1, 0.15) is 5.75 Å². The molecule has 5 nitrogen and oxygen atoms in total. The minimum atomic E-state index is -4.45. The van der Waals surface area contributed by atoms with E-state index >= 15 is 0 Å². The van der Waals surface area contributed by atoms with Crippen molar-refractivity contribution < 1.29 is 27.1 Å². The van der Waals surface area contributed by atoms with Crippen LogP contribution in [-0.2, 0) is 11.2 Å². The average Bonchev–Trinajstić information content (AvgIpc) is 3.16. The third-order valence-corrected chi connectivity index (χ3v) is 3.96. The number of alkyl halides is 3. The number of nitrogens with one attached hydrogen (secondary N) is 1. The molecule has 0 spiro atoms. The van der Waals surface area contributed by atoms with E-state index in [9.17, 15) is 18.0 Å². The Kier molecular flexibility index (Phi) is 6.54. The maximum Gasteiger partial charge on any atom is 0.422 e. The number of aryl methyl sites for hydroxylation is 1. The standard InChI is InChI=1S/C21H19F3N2O3/c22-21(23,24)14-28-17-10-5-4-9-16(17)26-19(27)11-6-12-20-25-13-18(29-20)15-7-2-1-3-8-15/h1-5,7-10,13H,6,11-12,14H2,(H,26,27). The number of benzene rings is 2. The number of halogens is 3. The maximum atomic E-state index is 12.3. The van der Waals surface area contributed by atoms with Gasteiger partial charge in [0.25, 0.3) is 0 Å². The molecule has 29 heavy (non-hydrogen) atoms. The first-order valence-corrected chi connectivity index (χ1v) is 8.99. The molecule has 3 aromatic rings. The second-order valence-electron chi connectivity index (χ2n) is 6.29. The number of ether oxygens (including phenoxy) is 1. The largest absolute Gasteiger partial charge is 0.482 e. The van der Waals surface area contributed by atoms with Crippen molar-refractivity contribution >= 4 is 11.6 Å². The summed E-state index contributed by atoms with van der Waals surface area (Å²) in [6.07, 6.45) is -1.71. The van der Waals surface area contributed by atoms with Gasteiger partial charge in [-0.1, -0.05) is 42.5 Å². The van der Waals surface area contributed by atoms with E-state index in [1.54, 1.807) is 12.3 Å². The number of carbonyl (C=O) groups excluding carboxylic acids is 1. The van der Waals surface area contributed by atoms with Gasteiger partial charge in [-0.15, -0.1) is 0 Å². The average molecular weight is 404 g/mol. The quantitative estimate of drug-likeness (QED) is 0.557. The van der Waals surface area contributed by atoms with Crippen LogP contribution < -0.4 is 10.1 Å². The molecular weight excluding hydrogens is 385 g/mol. The van der Waals surface area contributed by atoms with Crippen molar-refractivity contribution in [1.29, 1.82) is 0 Å². The van der Waals surface area contributed by atoms with E-state index in [1.165, 1.54) is 18.2 Å². The van der Waals surface area contributed by atoms with Crippen LogP contribution in [0.1, 0.15) is 18.7 Å². The molecule has 1 aromatic heterocycles. The van der Waals surface area contributed by atoms with Crippen LogP contribution in [0.2, 0.25) is 0 Å². The van der Waals surface area contributed by atoms with Crippen molar-refractivity contribution in [2.45, 2.75) is 25.4 Å². The van der Waals surface area contributed by atoms with Gasteiger partial charge in [0.15, 0.2) is 18.3 Å². The lowest BCUT2D eigenvalue weighted by Gasteiger charge is -2.13. The number of aromatic nitrogens is 1. The molecule has 0 fully saturated rings. The van der Waals surface area contributed by atoms with Gasteiger partial charge in [0.2, 0.25) is 5.91 Å². The lowest BCUT2D eigenvalue weighted by atomic mass is 10.2. The van der Waals surface area contributed by atoms with Crippen LogP contribution in [0, 0.1) is 0 Å². The number of anilines is 1. The van der Waals surface area contributed by atoms with E-state index in [4.69, 9.17) is 9.15 Å². The van der Waals surface area contributed by atoms with Crippen molar-refractivity contribution in [2.24, 2.45) is 0 Å². The van der Waals surface area contributed by atoms with E-state index in [1.807, 2.05) is 30.3 Å². The Balaban J connectivity index is 1.49. The summed E-state index contributed by atoms with van der Waals surface area (Å²) in [6.45, 7) is -1.42. The first-order chi connectivity index (χ1) is 13.9. The lowest BCUT2D eigenvalue weighted by molar-refractivity contribution is -0.153.